The molecule has 456 valence electrons. The number of halogens is 6. The first-order valence-corrected chi connectivity index (χ1v) is 26.9. The van der Waals surface area contributed by atoms with Crippen LogP contribution in [-0.2, 0) is 42.8 Å². The van der Waals surface area contributed by atoms with E-state index in [-0.39, 0.29) is 64.8 Å². The summed E-state index contributed by atoms with van der Waals surface area (Å²) in [5.74, 6) is -5.36. The van der Waals surface area contributed by atoms with Crippen molar-refractivity contribution in [1.82, 2.24) is 25.3 Å². The van der Waals surface area contributed by atoms with E-state index in [1.165, 1.54) is 55.4 Å². The quantitative estimate of drug-likeness (QED) is 0.0490. The van der Waals surface area contributed by atoms with E-state index in [2.05, 4.69) is 25.9 Å². The Bertz CT molecular complexity index is 3050. The van der Waals surface area contributed by atoms with Crippen LogP contribution in [0, 0.1) is 0 Å². The highest BCUT2D eigenvalue weighted by Crippen LogP contribution is 2.47. The Balaban J connectivity index is 1.41. The van der Waals surface area contributed by atoms with Gasteiger partial charge in [0, 0.05) is 38.3 Å². The van der Waals surface area contributed by atoms with Crippen molar-refractivity contribution >= 4 is 64.7 Å². The van der Waals surface area contributed by atoms with Crippen molar-refractivity contribution in [2.45, 2.75) is 149 Å². The molecular formula is C56H68F6N10O12. The van der Waals surface area contributed by atoms with Crippen LogP contribution in [0.15, 0.2) is 67.0 Å². The third kappa shape index (κ3) is 17.8. The zero-order valence-corrected chi connectivity index (χ0v) is 47.6. The molecule has 0 aliphatic carbocycles. The van der Waals surface area contributed by atoms with Crippen molar-refractivity contribution in [1.29, 1.82) is 0 Å². The molecule has 1 aromatic heterocycles. The molecule has 6 rings (SSSR count). The molecular weight excluding hydrogens is 1120 g/mol. The van der Waals surface area contributed by atoms with Crippen LogP contribution in [0.2, 0.25) is 0 Å². The van der Waals surface area contributed by atoms with E-state index in [4.69, 9.17) is 29.4 Å². The van der Waals surface area contributed by atoms with Gasteiger partial charge in [0.05, 0.1) is 47.8 Å². The predicted octanol–water partition coefficient (Wildman–Crippen LogP) is 10.6. The monoisotopic (exact) mass is 1190 g/mol. The van der Waals surface area contributed by atoms with Gasteiger partial charge in [0.25, 0.3) is 11.8 Å². The summed E-state index contributed by atoms with van der Waals surface area (Å²) in [5, 5.41) is 10.0. The molecule has 0 radical (unpaired) electrons. The first-order chi connectivity index (χ1) is 39.3. The van der Waals surface area contributed by atoms with Gasteiger partial charge in [0.1, 0.15) is 46.9 Å². The molecule has 22 nitrogen and oxygen atoms in total. The van der Waals surface area contributed by atoms with Crippen molar-refractivity contribution < 1.29 is 83.6 Å². The van der Waals surface area contributed by atoms with Crippen LogP contribution < -0.4 is 41.2 Å². The lowest BCUT2D eigenvalue weighted by Crippen LogP contribution is -2.54. The average molecular weight is 1190 g/mol. The summed E-state index contributed by atoms with van der Waals surface area (Å²) in [5.41, 5.74) is -3.03. The lowest BCUT2D eigenvalue weighted by Gasteiger charge is -2.39. The molecule has 84 heavy (non-hydrogen) atoms. The first kappa shape index (κ1) is 64.7. The fraction of sp³-hybridized carbons (Fsp3) is 0.482. The summed E-state index contributed by atoms with van der Waals surface area (Å²) in [6, 6.07) is 11.8. The van der Waals surface area contributed by atoms with Gasteiger partial charge in [-0.3, -0.25) is 19.2 Å². The Morgan fingerprint density at radius 2 is 1.17 bits per heavy atom. The van der Waals surface area contributed by atoms with E-state index in [1.807, 2.05) is 0 Å². The normalized spacial score (nSPS) is 15.8. The summed E-state index contributed by atoms with van der Waals surface area (Å²) in [6.07, 6.45) is -14.3. The van der Waals surface area contributed by atoms with Gasteiger partial charge in [-0.1, -0.05) is 30.3 Å². The van der Waals surface area contributed by atoms with Crippen LogP contribution in [0.4, 0.5) is 63.5 Å². The number of hydrogen-bond donors (Lipinski definition) is 4. The Hall–Kier alpha value is -8.43. The third-order valence-corrected chi connectivity index (χ3v) is 12.3. The molecule has 28 heteroatoms. The highest BCUT2D eigenvalue weighted by molar-refractivity contribution is 6.10. The molecule has 0 fully saturated rings. The Labute approximate surface area is 480 Å². The second-order valence-electron chi connectivity index (χ2n) is 21.7. The lowest BCUT2D eigenvalue weighted by atomic mass is 10.1. The summed E-state index contributed by atoms with van der Waals surface area (Å²) < 4.78 is 119. The number of ether oxygens (including phenoxy) is 5. The number of unbranched alkanes of at least 4 members (excludes halogenated alkanes) is 2. The number of carbonyl (C=O) groups excluding carboxylic acids is 7. The van der Waals surface area contributed by atoms with Gasteiger partial charge < -0.3 is 45.4 Å². The van der Waals surface area contributed by atoms with E-state index in [1.54, 1.807) is 30.3 Å². The van der Waals surface area contributed by atoms with E-state index in [9.17, 15) is 41.9 Å². The standard InChI is InChI=1S/C56H68F6N10O12/c1-33-20-24-69(51(78)83-53(3,4)5)71(45(74)19-13-15-23-64-50(77)80-31-35-16-10-9-11-17-35)42-28-37(56(60,61)62)27-39(47(42)82-33)68-48(75)40-30-41(66-32-65-40)49(76)72-43-29-36(55(57,58)59)26-38(67-44(73)18-12-14-22-63)46(43)81-34(2)21-25-70(72)52(79)84-54(6,7)8/h9-11,16-17,26-30,32-34H,12-15,18-25,31,63H2,1-8H3,(H,64,77)(H,67,73)(H,68,75)/t33-,34-/m0/s1. The minimum atomic E-state index is -5.19. The first-order valence-electron chi connectivity index (χ1n) is 26.9. The van der Waals surface area contributed by atoms with Crippen molar-refractivity contribution in [3.05, 3.63) is 95.1 Å². The van der Waals surface area contributed by atoms with E-state index < -0.39 is 147 Å². The van der Waals surface area contributed by atoms with Gasteiger partial charge in [-0.2, -0.15) is 26.3 Å². The maximum Gasteiger partial charge on any atom is 0.429 e. The molecule has 0 spiro atoms. The molecule has 5 N–H and O–H groups in total. The van der Waals surface area contributed by atoms with Gasteiger partial charge in [-0.15, -0.1) is 0 Å². The number of hydrazine groups is 2. The molecule has 0 saturated carbocycles. The lowest BCUT2D eigenvalue weighted by molar-refractivity contribution is -0.138. The minimum Gasteiger partial charge on any atom is -0.486 e. The summed E-state index contributed by atoms with van der Waals surface area (Å²) >= 11 is 0. The molecule has 4 aromatic rings. The summed E-state index contributed by atoms with van der Waals surface area (Å²) in [6.45, 7) is 11.7. The fourth-order valence-corrected chi connectivity index (χ4v) is 8.36. The molecule has 0 unspecified atom stereocenters. The molecule has 2 atom stereocenters. The Morgan fingerprint density at radius 1 is 0.655 bits per heavy atom. The molecule has 3 aromatic carbocycles. The Kier molecular flexibility index (Phi) is 21.0. The molecule has 0 bridgehead atoms. The Morgan fingerprint density at radius 3 is 1.70 bits per heavy atom. The molecule has 2 aliphatic rings. The largest absolute Gasteiger partial charge is 0.486 e. The summed E-state index contributed by atoms with van der Waals surface area (Å²) in [4.78, 5) is 106. The molecule has 7 amide bonds. The number of fused-ring (bicyclic) bond motifs is 2. The smallest absolute Gasteiger partial charge is 0.429 e. The van der Waals surface area contributed by atoms with Gasteiger partial charge in [-0.25, -0.2) is 44.4 Å². The third-order valence-electron chi connectivity index (χ3n) is 12.3. The number of benzene rings is 3. The van der Waals surface area contributed by atoms with Crippen LogP contribution >= 0.6 is 0 Å². The van der Waals surface area contributed by atoms with Crippen molar-refractivity contribution in [2.75, 3.05) is 46.8 Å². The second-order valence-corrected chi connectivity index (χ2v) is 21.7. The number of rotatable bonds is 15. The maximum atomic E-state index is 15.1. The van der Waals surface area contributed by atoms with Crippen LogP contribution in [0.25, 0.3) is 0 Å². The molecule has 0 saturated heterocycles. The van der Waals surface area contributed by atoms with Crippen molar-refractivity contribution in [2.24, 2.45) is 5.73 Å². The number of amides is 7. The number of nitrogens with one attached hydrogen (secondary N) is 3. The van der Waals surface area contributed by atoms with Gasteiger partial charge >= 0.3 is 30.6 Å². The van der Waals surface area contributed by atoms with Crippen molar-refractivity contribution in [3.8, 4) is 11.5 Å². The topological polar surface area (TPSA) is 266 Å². The van der Waals surface area contributed by atoms with E-state index >= 15 is 18.0 Å². The summed E-state index contributed by atoms with van der Waals surface area (Å²) in [7, 11) is 0. The van der Waals surface area contributed by atoms with Gasteiger partial charge in [-0.05, 0) is 117 Å². The van der Waals surface area contributed by atoms with Crippen LogP contribution in [0.3, 0.4) is 0 Å². The highest BCUT2D eigenvalue weighted by atomic mass is 19.4. The molecule has 3 heterocycles. The van der Waals surface area contributed by atoms with Crippen LogP contribution in [0.5, 0.6) is 11.5 Å². The number of aromatic nitrogens is 2. The van der Waals surface area contributed by atoms with Crippen LogP contribution in [0.1, 0.15) is 144 Å². The average Bonchev–Trinajstić information content (AvgIpc) is 1.08. The van der Waals surface area contributed by atoms with E-state index in [0.29, 0.717) is 52.0 Å². The number of nitrogens with two attached hydrogens (primary N) is 1. The zero-order valence-electron chi connectivity index (χ0n) is 47.6. The van der Waals surface area contributed by atoms with E-state index in [0.717, 1.165) is 16.6 Å². The highest BCUT2D eigenvalue weighted by Gasteiger charge is 2.43. The van der Waals surface area contributed by atoms with Crippen LogP contribution in [-0.4, -0.2) is 111 Å². The zero-order chi connectivity index (χ0) is 61.9. The van der Waals surface area contributed by atoms with Gasteiger partial charge in [0.2, 0.25) is 11.8 Å². The number of carbonyl (C=O) groups is 7. The number of nitrogens with zero attached hydrogens (tertiary/aromatic N) is 6. The minimum absolute atomic E-state index is 0.0117. The maximum absolute atomic E-state index is 15.1. The van der Waals surface area contributed by atoms with Gasteiger partial charge in [0.15, 0.2) is 11.5 Å². The number of alkyl halides is 6. The number of anilines is 4. The van der Waals surface area contributed by atoms with Crippen molar-refractivity contribution in [3.63, 3.8) is 0 Å². The number of hydrogen-bond acceptors (Lipinski definition) is 15. The predicted molar refractivity (Wildman–Crippen MR) is 292 cm³/mol. The number of alkyl carbamates (subject to hydrolysis) is 1. The fourth-order valence-electron chi connectivity index (χ4n) is 8.36. The second kappa shape index (κ2) is 27.3. The SMILES string of the molecule is C[C@H]1CCN(C(=O)OC(C)(C)C)N(C(=O)CCCCNC(=O)OCc2ccccc2)c2cc(C(F)(F)F)cc(NC(=O)c3cc(C(=O)N4c5cc(C(F)(F)F)cc(NC(=O)CCCCN)c5O[C@@H](C)CCN4C(=O)OC(C)(C)C)ncn3)c2O1. The molecule has 2 aliphatic heterocycles.